The van der Waals surface area contributed by atoms with Gasteiger partial charge in [-0.3, -0.25) is 4.90 Å². The highest BCUT2D eigenvalue weighted by Gasteiger charge is 2.62. The molecule has 2 fully saturated rings. The van der Waals surface area contributed by atoms with Crippen LogP contribution in [0.1, 0.15) is 26.0 Å². The number of hydrogen-bond donors (Lipinski definition) is 0. The van der Waals surface area contributed by atoms with E-state index in [0.29, 0.717) is 11.5 Å². The summed E-state index contributed by atoms with van der Waals surface area (Å²) in [5.41, 5.74) is 3.39. The van der Waals surface area contributed by atoms with Gasteiger partial charge in [0.1, 0.15) is 0 Å². The Morgan fingerprint density at radius 2 is 2.05 bits per heavy atom. The van der Waals surface area contributed by atoms with Crippen molar-refractivity contribution in [2.45, 2.75) is 31.7 Å². The van der Waals surface area contributed by atoms with Crippen molar-refractivity contribution in [3.63, 3.8) is 0 Å². The molecule has 0 amide bonds. The van der Waals surface area contributed by atoms with Crippen molar-refractivity contribution in [2.24, 2.45) is 13.0 Å². The average molecular weight is 254 g/mol. The molecule has 2 atom stereocenters. The van der Waals surface area contributed by atoms with Crippen LogP contribution in [0.5, 0.6) is 0 Å². The van der Waals surface area contributed by atoms with Crippen molar-refractivity contribution in [3.05, 3.63) is 36.0 Å². The SMILES string of the molecule is CC(C)N1CC2CC2(c2cc3ccccc3n2C)C1. The molecule has 0 bridgehead atoms. The topological polar surface area (TPSA) is 8.17 Å². The number of para-hydroxylation sites is 1. The van der Waals surface area contributed by atoms with E-state index in [0.717, 1.165) is 5.92 Å². The molecule has 2 nitrogen and oxygen atoms in total. The van der Waals surface area contributed by atoms with Crippen molar-refractivity contribution in [1.82, 2.24) is 9.47 Å². The summed E-state index contributed by atoms with van der Waals surface area (Å²) >= 11 is 0. The van der Waals surface area contributed by atoms with Crippen LogP contribution in [-0.2, 0) is 12.5 Å². The number of nitrogens with zero attached hydrogens (tertiary/aromatic N) is 2. The second-order valence-corrected chi connectivity index (χ2v) is 6.73. The van der Waals surface area contributed by atoms with Gasteiger partial charge in [-0.25, -0.2) is 0 Å². The van der Waals surface area contributed by atoms with Gasteiger partial charge in [0.25, 0.3) is 0 Å². The van der Waals surface area contributed by atoms with Gasteiger partial charge in [0.15, 0.2) is 0 Å². The quantitative estimate of drug-likeness (QED) is 0.799. The molecule has 100 valence electrons. The molecule has 2 unspecified atom stereocenters. The molecule has 19 heavy (non-hydrogen) atoms. The number of rotatable bonds is 2. The summed E-state index contributed by atoms with van der Waals surface area (Å²) in [5.74, 6) is 0.887. The van der Waals surface area contributed by atoms with Crippen LogP contribution >= 0.6 is 0 Å². The third-order valence-electron chi connectivity index (χ3n) is 5.36. The van der Waals surface area contributed by atoms with Crippen LogP contribution in [0.25, 0.3) is 10.9 Å². The number of aromatic nitrogens is 1. The van der Waals surface area contributed by atoms with Gasteiger partial charge < -0.3 is 4.57 Å². The largest absolute Gasteiger partial charge is 0.347 e. The van der Waals surface area contributed by atoms with Crippen LogP contribution in [0.4, 0.5) is 0 Å². The minimum absolute atomic E-state index is 0.456. The van der Waals surface area contributed by atoms with E-state index in [1.54, 1.807) is 5.69 Å². The number of aryl methyl sites for hydroxylation is 1. The Bertz CT molecular complexity index is 640. The van der Waals surface area contributed by atoms with Gasteiger partial charge >= 0.3 is 0 Å². The second kappa shape index (κ2) is 3.63. The first-order valence-electron chi connectivity index (χ1n) is 7.41. The predicted molar refractivity (Wildman–Crippen MR) is 79.4 cm³/mol. The molecular weight excluding hydrogens is 232 g/mol. The first-order chi connectivity index (χ1) is 9.12. The molecule has 1 aliphatic heterocycles. The molecule has 0 spiro atoms. The molecule has 1 aliphatic carbocycles. The van der Waals surface area contributed by atoms with Crippen LogP contribution < -0.4 is 0 Å². The molecule has 1 aromatic carbocycles. The first kappa shape index (κ1) is 11.5. The average Bonchev–Trinajstić information content (AvgIpc) is 2.80. The Morgan fingerprint density at radius 1 is 1.26 bits per heavy atom. The van der Waals surface area contributed by atoms with Gasteiger partial charge in [-0.05, 0) is 43.7 Å². The van der Waals surface area contributed by atoms with Crippen molar-refractivity contribution in [3.8, 4) is 0 Å². The fraction of sp³-hybridized carbons (Fsp3) is 0.529. The van der Waals surface area contributed by atoms with Gasteiger partial charge in [-0.15, -0.1) is 0 Å². The Balaban J connectivity index is 1.78. The maximum atomic E-state index is 2.64. The van der Waals surface area contributed by atoms with Gasteiger partial charge in [0, 0.05) is 42.8 Å². The number of benzene rings is 1. The smallest absolute Gasteiger partial charge is 0.0480 e. The maximum absolute atomic E-state index is 2.64. The first-order valence-corrected chi connectivity index (χ1v) is 7.41. The molecule has 2 heteroatoms. The van der Waals surface area contributed by atoms with Crippen molar-refractivity contribution in [2.75, 3.05) is 13.1 Å². The second-order valence-electron chi connectivity index (χ2n) is 6.73. The molecule has 2 heterocycles. The number of hydrogen-bond acceptors (Lipinski definition) is 1. The maximum Gasteiger partial charge on any atom is 0.0480 e. The van der Waals surface area contributed by atoms with E-state index in [4.69, 9.17) is 0 Å². The molecule has 2 aliphatic rings. The van der Waals surface area contributed by atoms with Crippen LogP contribution in [0.15, 0.2) is 30.3 Å². The Hall–Kier alpha value is -1.28. The van der Waals surface area contributed by atoms with E-state index in [9.17, 15) is 0 Å². The highest BCUT2D eigenvalue weighted by atomic mass is 15.2. The monoisotopic (exact) mass is 254 g/mol. The van der Waals surface area contributed by atoms with Gasteiger partial charge in [-0.1, -0.05) is 18.2 Å². The van der Waals surface area contributed by atoms with Crippen molar-refractivity contribution in [1.29, 1.82) is 0 Å². The van der Waals surface area contributed by atoms with Crippen LogP contribution in [-0.4, -0.2) is 28.6 Å². The summed E-state index contributed by atoms with van der Waals surface area (Å²) in [4.78, 5) is 2.64. The summed E-state index contributed by atoms with van der Waals surface area (Å²) in [6.07, 6.45) is 1.39. The molecular formula is C17H22N2. The Morgan fingerprint density at radius 3 is 2.74 bits per heavy atom. The van der Waals surface area contributed by atoms with E-state index in [1.165, 1.54) is 30.4 Å². The lowest BCUT2D eigenvalue weighted by Crippen LogP contribution is -2.33. The van der Waals surface area contributed by atoms with Crippen LogP contribution in [0, 0.1) is 5.92 Å². The molecule has 1 aromatic heterocycles. The lowest BCUT2D eigenvalue weighted by Gasteiger charge is -2.24. The van der Waals surface area contributed by atoms with E-state index in [1.807, 2.05) is 0 Å². The van der Waals surface area contributed by atoms with Gasteiger partial charge in [-0.2, -0.15) is 0 Å². The standard InChI is InChI=1S/C17H22N2/c1-12(2)19-10-14-9-17(14,11-19)16-8-13-6-4-5-7-15(13)18(16)3/h4-8,12,14H,9-11H2,1-3H3. The Labute approximate surface area is 115 Å². The van der Waals surface area contributed by atoms with Gasteiger partial charge in [0.2, 0.25) is 0 Å². The normalized spacial score (nSPS) is 30.2. The number of likely N-dealkylation sites (tertiary alicyclic amines) is 1. The zero-order valence-electron chi connectivity index (χ0n) is 12.1. The van der Waals surface area contributed by atoms with E-state index in [2.05, 4.69) is 60.7 Å². The lowest BCUT2D eigenvalue weighted by atomic mass is 10.0. The third-order valence-corrected chi connectivity index (χ3v) is 5.36. The van der Waals surface area contributed by atoms with Crippen LogP contribution in [0.3, 0.4) is 0 Å². The van der Waals surface area contributed by atoms with E-state index in [-0.39, 0.29) is 0 Å². The molecule has 0 radical (unpaired) electrons. The zero-order chi connectivity index (χ0) is 13.2. The zero-order valence-corrected chi connectivity index (χ0v) is 12.1. The molecule has 1 saturated heterocycles. The summed E-state index contributed by atoms with van der Waals surface area (Å²) in [5, 5.41) is 1.39. The van der Waals surface area contributed by atoms with E-state index >= 15 is 0 Å². The number of piperidine rings is 1. The summed E-state index contributed by atoms with van der Waals surface area (Å²) in [6, 6.07) is 11.9. The molecule has 2 aromatic rings. The lowest BCUT2D eigenvalue weighted by molar-refractivity contribution is 0.242. The third kappa shape index (κ3) is 1.47. The summed E-state index contributed by atoms with van der Waals surface area (Å²) in [6.45, 7) is 7.18. The molecule has 0 N–H and O–H groups in total. The fourth-order valence-corrected chi connectivity index (χ4v) is 4.08. The highest BCUT2D eigenvalue weighted by molar-refractivity contribution is 5.82. The van der Waals surface area contributed by atoms with Crippen LogP contribution in [0.2, 0.25) is 0 Å². The Kier molecular flexibility index (Phi) is 2.21. The van der Waals surface area contributed by atoms with Crippen molar-refractivity contribution < 1.29 is 0 Å². The van der Waals surface area contributed by atoms with Crippen molar-refractivity contribution >= 4 is 10.9 Å². The predicted octanol–water partition coefficient (Wildman–Crippen LogP) is 3.16. The molecule has 1 saturated carbocycles. The minimum Gasteiger partial charge on any atom is -0.347 e. The van der Waals surface area contributed by atoms with Gasteiger partial charge in [0.05, 0.1) is 0 Å². The number of fused-ring (bicyclic) bond motifs is 2. The fourth-order valence-electron chi connectivity index (χ4n) is 4.08. The highest BCUT2D eigenvalue weighted by Crippen LogP contribution is 2.59. The summed E-state index contributed by atoms with van der Waals surface area (Å²) in [7, 11) is 2.24. The molecule has 4 rings (SSSR count). The minimum atomic E-state index is 0.456. The summed E-state index contributed by atoms with van der Waals surface area (Å²) < 4.78 is 2.43. The van der Waals surface area contributed by atoms with E-state index < -0.39 is 0 Å².